The molecule has 0 amide bonds. The van der Waals surface area contributed by atoms with Crippen LogP contribution in [-0.4, -0.2) is 16.1 Å². The average molecular weight is 384 g/mol. The van der Waals surface area contributed by atoms with Crippen LogP contribution >= 0.6 is 0 Å². The van der Waals surface area contributed by atoms with Gasteiger partial charge in [-0.1, -0.05) is 60.5 Å². The lowest BCUT2D eigenvalue weighted by Gasteiger charge is -2.05. The highest BCUT2D eigenvalue weighted by Crippen LogP contribution is 2.24. The molecule has 0 bridgehead atoms. The Hall–Kier alpha value is -3.25. The van der Waals surface area contributed by atoms with Crippen LogP contribution in [0.25, 0.3) is 22.4 Å². The second-order valence-electron chi connectivity index (χ2n) is 7.03. The minimum atomic E-state index is -0.765. The first kappa shape index (κ1) is 20.5. The van der Waals surface area contributed by atoms with Gasteiger partial charge in [-0.05, 0) is 48.8 Å². The SMILES string of the molecule is C=CCc1ccc(-c2ccc(-c3cnc(C#CCCCC(C)F)cn3)cc2)cc1. The van der Waals surface area contributed by atoms with E-state index in [1.54, 1.807) is 19.3 Å². The van der Waals surface area contributed by atoms with Gasteiger partial charge >= 0.3 is 0 Å². The van der Waals surface area contributed by atoms with Gasteiger partial charge in [0.15, 0.2) is 0 Å². The largest absolute Gasteiger partial charge is 0.252 e. The normalized spacial score (nSPS) is 11.4. The van der Waals surface area contributed by atoms with E-state index >= 15 is 0 Å². The molecule has 0 aliphatic heterocycles. The van der Waals surface area contributed by atoms with E-state index in [4.69, 9.17) is 0 Å². The molecule has 1 heterocycles. The minimum absolute atomic E-state index is 0.550. The Morgan fingerprint density at radius 1 is 0.966 bits per heavy atom. The maximum atomic E-state index is 12.7. The van der Waals surface area contributed by atoms with E-state index in [-0.39, 0.29) is 0 Å². The second kappa shape index (κ2) is 10.3. The molecule has 1 atom stereocenters. The molecule has 29 heavy (non-hydrogen) atoms. The Kier molecular flexibility index (Phi) is 7.30. The van der Waals surface area contributed by atoms with Gasteiger partial charge in [-0.3, -0.25) is 4.98 Å². The van der Waals surface area contributed by atoms with Crippen LogP contribution in [-0.2, 0) is 6.42 Å². The van der Waals surface area contributed by atoms with Crippen molar-refractivity contribution in [1.82, 2.24) is 9.97 Å². The van der Waals surface area contributed by atoms with Crippen molar-refractivity contribution in [3.05, 3.63) is 84.8 Å². The number of nitrogens with zero attached hydrogens (tertiary/aromatic N) is 2. The molecule has 0 N–H and O–H groups in total. The van der Waals surface area contributed by atoms with Gasteiger partial charge in [-0.2, -0.15) is 0 Å². The molecule has 3 rings (SSSR count). The number of benzene rings is 2. The van der Waals surface area contributed by atoms with Crippen molar-refractivity contribution in [2.24, 2.45) is 0 Å². The summed E-state index contributed by atoms with van der Waals surface area (Å²) in [4.78, 5) is 8.85. The lowest BCUT2D eigenvalue weighted by molar-refractivity contribution is 0.336. The zero-order chi connectivity index (χ0) is 20.5. The quantitative estimate of drug-likeness (QED) is 0.267. The number of rotatable bonds is 7. The molecule has 1 aromatic heterocycles. The van der Waals surface area contributed by atoms with Crippen molar-refractivity contribution in [3.8, 4) is 34.2 Å². The lowest BCUT2D eigenvalue weighted by Crippen LogP contribution is -1.91. The minimum Gasteiger partial charge on any atom is -0.252 e. The van der Waals surface area contributed by atoms with Gasteiger partial charge in [0.2, 0.25) is 0 Å². The second-order valence-corrected chi connectivity index (χ2v) is 7.03. The highest BCUT2D eigenvalue weighted by Gasteiger charge is 2.03. The fourth-order valence-electron chi connectivity index (χ4n) is 3.00. The summed E-state index contributed by atoms with van der Waals surface area (Å²) >= 11 is 0. The number of hydrogen-bond donors (Lipinski definition) is 0. The third-order valence-corrected chi connectivity index (χ3v) is 4.62. The topological polar surface area (TPSA) is 25.8 Å². The Bertz CT molecular complexity index is 976. The molecule has 0 spiro atoms. The number of unbranched alkanes of at least 4 members (excludes halogenated alkanes) is 1. The fraction of sp³-hybridized carbons (Fsp3) is 0.231. The van der Waals surface area contributed by atoms with E-state index in [0.29, 0.717) is 18.5 Å². The molecule has 0 aliphatic carbocycles. The summed E-state index contributed by atoms with van der Waals surface area (Å²) < 4.78 is 12.7. The summed E-state index contributed by atoms with van der Waals surface area (Å²) in [6, 6.07) is 16.8. The van der Waals surface area contributed by atoms with E-state index in [1.807, 2.05) is 6.08 Å². The first-order valence-corrected chi connectivity index (χ1v) is 9.91. The summed E-state index contributed by atoms with van der Waals surface area (Å²) in [6.45, 7) is 5.35. The molecular weight excluding hydrogens is 359 g/mol. The molecule has 2 aromatic carbocycles. The van der Waals surface area contributed by atoms with Crippen molar-refractivity contribution in [2.75, 3.05) is 0 Å². The fourth-order valence-corrected chi connectivity index (χ4v) is 3.00. The van der Waals surface area contributed by atoms with Gasteiger partial charge < -0.3 is 0 Å². The molecule has 3 heteroatoms. The van der Waals surface area contributed by atoms with Gasteiger partial charge in [-0.15, -0.1) is 6.58 Å². The van der Waals surface area contributed by atoms with Crippen LogP contribution in [0.2, 0.25) is 0 Å². The third kappa shape index (κ3) is 6.12. The monoisotopic (exact) mass is 384 g/mol. The van der Waals surface area contributed by atoms with Crippen LogP contribution in [0.1, 0.15) is 37.4 Å². The zero-order valence-corrected chi connectivity index (χ0v) is 16.7. The molecule has 0 aliphatic rings. The number of aromatic nitrogens is 2. The predicted octanol–water partition coefficient (Wildman–Crippen LogP) is 6.42. The summed E-state index contributed by atoms with van der Waals surface area (Å²) in [6.07, 6.45) is 7.45. The van der Waals surface area contributed by atoms with E-state index in [9.17, 15) is 4.39 Å². The number of hydrogen-bond acceptors (Lipinski definition) is 2. The highest BCUT2D eigenvalue weighted by molar-refractivity contribution is 5.68. The van der Waals surface area contributed by atoms with Crippen molar-refractivity contribution in [2.45, 2.75) is 38.8 Å². The van der Waals surface area contributed by atoms with Gasteiger partial charge in [0.25, 0.3) is 0 Å². The van der Waals surface area contributed by atoms with E-state index in [0.717, 1.165) is 29.7 Å². The van der Waals surface area contributed by atoms with Gasteiger partial charge in [0.1, 0.15) is 5.69 Å². The van der Waals surface area contributed by atoms with Gasteiger partial charge in [-0.25, -0.2) is 9.37 Å². The lowest BCUT2D eigenvalue weighted by atomic mass is 10.0. The van der Waals surface area contributed by atoms with E-state index in [1.165, 1.54) is 11.1 Å². The zero-order valence-electron chi connectivity index (χ0n) is 16.7. The van der Waals surface area contributed by atoms with Crippen LogP contribution in [0.3, 0.4) is 0 Å². The maximum Gasteiger partial charge on any atom is 0.131 e. The molecule has 0 saturated heterocycles. The van der Waals surface area contributed by atoms with Crippen LogP contribution in [0.4, 0.5) is 4.39 Å². The Morgan fingerprint density at radius 3 is 2.21 bits per heavy atom. The van der Waals surface area contributed by atoms with Crippen molar-refractivity contribution in [3.63, 3.8) is 0 Å². The maximum absolute atomic E-state index is 12.7. The number of allylic oxidation sites excluding steroid dienone is 1. The molecular formula is C26H25FN2. The summed E-state index contributed by atoms with van der Waals surface area (Å²) in [7, 11) is 0. The van der Waals surface area contributed by atoms with Crippen molar-refractivity contribution >= 4 is 0 Å². The Labute approximate surface area is 172 Å². The Balaban J connectivity index is 1.64. The molecule has 1 unspecified atom stereocenters. The van der Waals surface area contributed by atoms with Crippen molar-refractivity contribution in [1.29, 1.82) is 0 Å². The molecule has 0 saturated carbocycles. The number of halogens is 1. The predicted molar refractivity (Wildman–Crippen MR) is 118 cm³/mol. The first-order chi connectivity index (χ1) is 14.2. The molecule has 0 radical (unpaired) electrons. The summed E-state index contributed by atoms with van der Waals surface area (Å²) in [5.74, 6) is 6.02. The van der Waals surface area contributed by atoms with E-state index < -0.39 is 6.17 Å². The third-order valence-electron chi connectivity index (χ3n) is 4.62. The van der Waals surface area contributed by atoms with Crippen LogP contribution in [0.5, 0.6) is 0 Å². The number of alkyl halides is 1. The van der Waals surface area contributed by atoms with Crippen molar-refractivity contribution < 1.29 is 4.39 Å². The molecule has 146 valence electrons. The standard InChI is InChI=1S/C26H25FN2/c1-3-7-21-10-12-22(13-11-21)23-14-16-24(17-15-23)26-19-28-25(18-29-26)9-6-4-5-8-20(2)27/h3,10-20H,1,4-5,7-8H2,2H3. The van der Waals surface area contributed by atoms with Crippen LogP contribution in [0.15, 0.2) is 73.6 Å². The van der Waals surface area contributed by atoms with Crippen LogP contribution < -0.4 is 0 Å². The molecule has 2 nitrogen and oxygen atoms in total. The van der Waals surface area contributed by atoms with Gasteiger partial charge in [0.05, 0.1) is 24.3 Å². The summed E-state index contributed by atoms with van der Waals surface area (Å²) in [5.41, 5.74) is 6.07. The van der Waals surface area contributed by atoms with E-state index in [2.05, 4.69) is 76.9 Å². The summed E-state index contributed by atoms with van der Waals surface area (Å²) in [5, 5.41) is 0. The average Bonchev–Trinajstić information content (AvgIpc) is 2.75. The van der Waals surface area contributed by atoms with Gasteiger partial charge in [0, 0.05) is 12.0 Å². The Morgan fingerprint density at radius 2 is 1.62 bits per heavy atom. The molecule has 3 aromatic rings. The smallest absolute Gasteiger partial charge is 0.131 e. The van der Waals surface area contributed by atoms with Crippen LogP contribution in [0, 0.1) is 11.8 Å². The highest BCUT2D eigenvalue weighted by atomic mass is 19.1. The molecule has 0 fully saturated rings. The first-order valence-electron chi connectivity index (χ1n) is 9.91.